The number of amides is 2. The van der Waals surface area contributed by atoms with Gasteiger partial charge in [-0.2, -0.15) is 0 Å². The zero-order valence-electron chi connectivity index (χ0n) is 11.1. The van der Waals surface area contributed by atoms with E-state index in [9.17, 15) is 9.59 Å². The topological polar surface area (TPSA) is 61.4 Å². The summed E-state index contributed by atoms with van der Waals surface area (Å²) in [6.07, 6.45) is 0.887. The quantitative estimate of drug-likeness (QED) is 0.836. The van der Waals surface area contributed by atoms with Crippen LogP contribution in [0, 0.1) is 0 Å². The molecule has 1 aliphatic heterocycles. The number of fused-ring (bicyclic) bond motifs is 1. The number of nitrogens with one attached hydrogen (secondary N) is 2. The molecule has 0 saturated carbocycles. The minimum Gasteiger partial charge on any atom is -0.355 e. The van der Waals surface area contributed by atoms with Crippen LogP contribution in [0.2, 0.25) is 0 Å². The van der Waals surface area contributed by atoms with E-state index in [4.69, 9.17) is 0 Å². The Morgan fingerprint density at radius 3 is 2.95 bits per heavy atom. The van der Waals surface area contributed by atoms with E-state index in [0.29, 0.717) is 13.1 Å². The predicted molar refractivity (Wildman–Crippen MR) is 73.8 cm³/mol. The summed E-state index contributed by atoms with van der Waals surface area (Å²) in [6.45, 7) is 3.62. The normalized spacial score (nSPS) is 14.8. The molecule has 5 nitrogen and oxygen atoms in total. The van der Waals surface area contributed by atoms with Crippen LogP contribution in [-0.4, -0.2) is 31.4 Å². The molecule has 2 amide bonds. The first-order valence-electron chi connectivity index (χ1n) is 6.58. The summed E-state index contributed by atoms with van der Waals surface area (Å²) in [5, 5.41) is 5.87. The van der Waals surface area contributed by atoms with Gasteiger partial charge < -0.3 is 15.5 Å². The Bertz CT molecular complexity index is 474. The van der Waals surface area contributed by atoms with E-state index in [-0.39, 0.29) is 24.9 Å². The van der Waals surface area contributed by atoms with Crippen molar-refractivity contribution >= 4 is 17.5 Å². The molecule has 1 aromatic rings. The summed E-state index contributed by atoms with van der Waals surface area (Å²) in [5.74, 6) is -0.191. The van der Waals surface area contributed by atoms with Crippen LogP contribution in [0.3, 0.4) is 0 Å². The molecule has 0 bridgehead atoms. The number of anilines is 1. The summed E-state index contributed by atoms with van der Waals surface area (Å²) < 4.78 is 0. The van der Waals surface area contributed by atoms with E-state index in [2.05, 4.69) is 10.6 Å². The Morgan fingerprint density at radius 1 is 1.37 bits per heavy atom. The van der Waals surface area contributed by atoms with Crippen LogP contribution in [0.15, 0.2) is 24.3 Å². The van der Waals surface area contributed by atoms with Gasteiger partial charge >= 0.3 is 0 Å². The molecule has 1 aromatic carbocycles. The summed E-state index contributed by atoms with van der Waals surface area (Å²) in [4.78, 5) is 25.4. The summed E-state index contributed by atoms with van der Waals surface area (Å²) in [6, 6.07) is 7.67. The van der Waals surface area contributed by atoms with E-state index in [1.165, 1.54) is 0 Å². The first-order valence-corrected chi connectivity index (χ1v) is 6.58. The molecule has 0 radical (unpaired) electrons. The monoisotopic (exact) mass is 261 g/mol. The lowest BCUT2D eigenvalue weighted by Crippen LogP contribution is -2.43. The maximum Gasteiger partial charge on any atom is 0.241 e. The molecule has 0 saturated heterocycles. The van der Waals surface area contributed by atoms with Crippen molar-refractivity contribution in [1.29, 1.82) is 0 Å². The van der Waals surface area contributed by atoms with Gasteiger partial charge in [-0.1, -0.05) is 25.1 Å². The molecule has 0 fully saturated rings. The van der Waals surface area contributed by atoms with Crippen LogP contribution in [-0.2, 0) is 16.1 Å². The third kappa shape index (κ3) is 3.32. The average molecular weight is 261 g/mol. The van der Waals surface area contributed by atoms with Crippen molar-refractivity contribution in [3.05, 3.63) is 29.8 Å². The zero-order chi connectivity index (χ0) is 13.7. The SMILES string of the molecule is CCCNC(=O)CN1C(=O)CNCc2ccccc21. The third-order valence-corrected chi connectivity index (χ3v) is 3.05. The van der Waals surface area contributed by atoms with Crippen LogP contribution in [0.5, 0.6) is 0 Å². The van der Waals surface area contributed by atoms with Crippen molar-refractivity contribution < 1.29 is 9.59 Å². The highest BCUT2D eigenvalue weighted by molar-refractivity contribution is 6.00. The lowest BCUT2D eigenvalue weighted by Gasteiger charge is -2.22. The highest BCUT2D eigenvalue weighted by Crippen LogP contribution is 2.22. The second-order valence-corrected chi connectivity index (χ2v) is 4.56. The van der Waals surface area contributed by atoms with Crippen LogP contribution < -0.4 is 15.5 Å². The molecule has 0 aromatic heterocycles. The maximum atomic E-state index is 12.1. The lowest BCUT2D eigenvalue weighted by atomic mass is 10.1. The molecule has 0 atom stereocenters. The van der Waals surface area contributed by atoms with Crippen molar-refractivity contribution in [3.63, 3.8) is 0 Å². The molecule has 2 N–H and O–H groups in total. The Kier molecular flexibility index (Phi) is 4.52. The molecular formula is C14H19N3O2. The average Bonchev–Trinajstić information content (AvgIpc) is 2.57. The number of hydrogen-bond donors (Lipinski definition) is 2. The van der Waals surface area contributed by atoms with Crippen molar-refractivity contribution in [3.8, 4) is 0 Å². The summed E-state index contributed by atoms with van der Waals surface area (Å²) >= 11 is 0. The molecule has 0 spiro atoms. The first-order chi connectivity index (χ1) is 9.22. The largest absolute Gasteiger partial charge is 0.355 e. The predicted octanol–water partition coefficient (Wildman–Crippen LogP) is 0.649. The fraction of sp³-hybridized carbons (Fsp3) is 0.429. The highest BCUT2D eigenvalue weighted by Gasteiger charge is 2.23. The second kappa shape index (κ2) is 6.33. The number of carbonyl (C=O) groups excluding carboxylic acids is 2. The Labute approximate surface area is 113 Å². The maximum absolute atomic E-state index is 12.1. The molecular weight excluding hydrogens is 242 g/mol. The van der Waals surface area contributed by atoms with Gasteiger partial charge in [-0.25, -0.2) is 0 Å². The van der Waals surface area contributed by atoms with E-state index in [1.54, 1.807) is 4.90 Å². The van der Waals surface area contributed by atoms with Gasteiger partial charge in [0.15, 0.2) is 0 Å². The van der Waals surface area contributed by atoms with E-state index in [1.807, 2.05) is 31.2 Å². The lowest BCUT2D eigenvalue weighted by molar-refractivity contribution is -0.123. The fourth-order valence-electron chi connectivity index (χ4n) is 2.09. The van der Waals surface area contributed by atoms with Gasteiger partial charge in [0, 0.05) is 18.8 Å². The fourth-order valence-corrected chi connectivity index (χ4v) is 2.09. The van der Waals surface area contributed by atoms with E-state index < -0.39 is 0 Å². The van der Waals surface area contributed by atoms with Gasteiger partial charge in [-0.3, -0.25) is 9.59 Å². The molecule has 2 rings (SSSR count). The Morgan fingerprint density at radius 2 is 2.16 bits per heavy atom. The van der Waals surface area contributed by atoms with Crippen molar-refractivity contribution in [2.45, 2.75) is 19.9 Å². The standard InChI is InChI=1S/C14H19N3O2/c1-2-7-16-13(18)10-17-12-6-4-3-5-11(12)8-15-9-14(17)19/h3-6,15H,2,7-10H2,1H3,(H,16,18). The van der Waals surface area contributed by atoms with Gasteiger partial charge in [-0.05, 0) is 18.1 Å². The minimum atomic E-state index is -0.119. The zero-order valence-corrected chi connectivity index (χ0v) is 11.1. The molecule has 1 aliphatic rings. The minimum absolute atomic E-state index is 0.0726. The second-order valence-electron chi connectivity index (χ2n) is 4.56. The van der Waals surface area contributed by atoms with E-state index in [0.717, 1.165) is 17.7 Å². The summed E-state index contributed by atoms with van der Waals surface area (Å²) in [5.41, 5.74) is 1.86. The van der Waals surface area contributed by atoms with Crippen LogP contribution in [0.25, 0.3) is 0 Å². The van der Waals surface area contributed by atoms with Gasteiger partial charge in [0.05, 0.1) is 6.54 Å². The number of nitrogens with zero attached hydrogens (tertiary/aromatic N) is 1. The number of para-hydroxylation sites is 1. The van der Waals surface area contributed by atoms with Crippen LogP contribution >= 0.6 is 0 Å². The van der Waals surface area contributed by atoms with Crippen LogP contribution in [0.4, 0.5) is 5.69 Å². The number of rotatable bonds is 4. The molecule has 19 heavy (non-hydrogen) atoms. The first kappa shape index (κ1) is 13.5. The Balaban J connectivity index is 2.17. The van der Waals surface area contributed by atoms with Gasteiger partial charge in [-0.15, -0.1) is 0 Å². The number of carbonyl (C=O) groups is 2. The van der Waals surface area contributed by atoms with Crippen LogP contribution in [0.1, 0.15) is 18.9 Å². The number of hydrogen-bond acceptors (Lipinski definition) is 3. The van der Waals surface area contributed by atoms with Gasteiger partial charge in [0.25, 0.3) is 0 Å². The smallest absolute Gasteiger partial charge is 0.241 e. The third-order valence-electron chi connectivity index (χ3n) is 3.05. The van der Waals surface area contributed by atoms with Crippen molar-refractivity contribution in [2.24, 2.45) is 0 Å². The highest BCUT2D eigenvalue weighted by atomic mass is 16.2. The molecule has 102 valence electrons. The van der Waals surface area contributed by atoms with E-state index >= 15 is 0 Å². The molecule has 0 aliphatic carbocycles. The van der Waals surface area contributed by atoms with Gasteiger partial charge in [0.2, 0.25) is 11.8 Å². The Hall–Kier alpha value is -1.88. The number of benzene rings is 1. The van der Waals surface area contributed by atoms with Crippen molar-refractivity contribution in [2.75, 3.05) is 24.5 Å². The molecule has 0 unspecified atom stereocenters. The van der Waals surface area contributed by atoms with Crippen molar-refractivity contribution in [1.82, 2.24) is 10.6 Å². The summed E-state index contributed by atoms with van der Waals surface area (Å²) in [7, 11) is 0. The molecule has 5 heteroatoms. The molecule has 1 heterocycles. The van der Waals surface area contributed by atoms with Gasteiger partial charge in [0.1, 0.15) is 6.54 Å².